The molecule has 29 heavy (non-hydrogen) atoms. The van der Waals surface area contributed by atoms with Gasteiger partial charge in [0, 0.05) is 50.4 Å². The van der Waals surface area contributed by atoms with Gasteiger partial charge in [0.1, 0.15) is 0 Å². The van der Waals surface area contributed by atoms with E-state index in [2.05, 4.69) is 34.9 Å². The molecule has 2 aromatic carbocycles. The van der Waals surface area contributed by atoms with Gasteiger partial charge in [0.25, 0.3) is 5.91 Å². The first kappa shape index (κ1) is 19.7. The van der Waals surface area contributed by atoms with Crippen LogP contribution in [0.25, 0.3) is 10.9 Å². The third kappa shape index (κ3) is 4.07. The van der Waals surface area contributed by atoms with Gasteiger partial charge in [0.2, 0.25) is 0 Å². The highest BCUT2D eigenvalue weighted by atomic mass is 16.5. The number of carbonyl (C=O) groups excluding carboxylic acids is 1. The molecule has 1 aliphatic rings. The number of piperidine rings is 1. The maximum atomic E-state index is 13.3. The Bertz CT molecular complexity index is 987. The summed E-state index contributed by atoms with van der Waals surface area (Å²) < 4.78 is 7.35. The third-order valence-electron chi connectivity index (χ3n) is 6.00. The summed E-state index contributed by atoms with van der Waals surface area (Å²) >= 11 is 0. The second kappa shape index (κ2) is 8.80. The number of methoxy groups -OCH3 is 1. The first-order valence-corrected chi connectivity index (χ1v) is 10.4. The normalized spacial score (nSPS) is 15.2. The monoisotopic (exact) mass is 391 g/mol. The lowest BCUT2D eigenvalue weighted by Crippen LogP contribution is -2.37. The standard InChI is InChI=1S/C24H29N3O2/c1-29-14-13-27-17-22(21-7-2-3-8-23(21)27)24(28)26-11-9-19(10-12-26)20-6-4-5-18(15-20)16-25/h2-8,15,17,19H,9-14,16,25H2,1H3. The Balaban J connectivity index is 1.50. The number of ether oxygens (including phenoxy) is 1. The number of fused-ring (bicyclic) bond motifs is 1. The van der Waals surface area contributed by atoms with Gasteiger partial charge in [-0.1, -0.05) is 42.5 Å². The van der Waals surface area contributed by atoms with Crippen molar-refractivity contribution in [3.8, 4) is 0 Å². The summed E-state index contributed by atoms with van der Waals surface area (Å²) in [6, 6.07) is 16.7. The minimum atomic E-state index is 0.131. The van der Waals surface area contributed by atoms with Crippen LogP contribution in [-0.2, 0) is 17.8 Å². The van der Waals surface area contributed by atoms with Crippen LogP contribution in [-0.4, -0.2) is 42.2 Å². The average Bonchev–Trinajstić information content (AvgIpc) is 3.16. The van der Waals surface area contributed by atoms with Crippen LogP contribution in [0.3, 0.4) is 0 Å². The Morgan fingerprint density at radius 1 is 1.14 bits per heavy atom. The number of rotatable bonds is 6. The number of hydrogen-bond acceptors (Lipinski definition) is 3. The second-order valence-electron chi connectivity index (χ2n) is 7.76. The molecule has 4 rings (SSSR count). The van der Waals surface area contributed by atoms with Gasteiger partial charge < -0.3 is 19.9 Å². The van der Waals surface area contributed by atoms with E-state index in [9.17, 15) is 4.79 Å². The number of para-hydroxylation sites is 1. The Labute approximate surface area is 172 Å². The Morgan fingerprint density at radius 2 is 1.93 bits per heavy atom. The molecule has 5 nitrogen and oxygen atoms in total. The van der Waals surface area contributed by atoms with Crippen molar-refractivity contribution in [3.63, 3.8) is 0 Å². The number of likely N-dealkylation sites (tertiary alicyclic amines) is 1. The van der Waals surface area contributed by atoms with Crippen LogP contribution in [0.15, 0.2) is 54.7 Å². The summed E-state index contributed by atoms with van der Waals surface area (Å²) in [5.41, 5.74) is 10.2. The molecule has 1 fully saturated rings. The summed E-state index contributed by atoms with van der Waals surface area (Å²) in [6.45, 7) is 3.50. The molecular formula is C24H29N3O2. The number of nitrogens with two attached hydrogens (primary N) is 1. The maximum Gasteiger partial charge on any atom is 0.256 e. The molecule has 5 heteroatoms. The molecule has 2 N–H and O–H groups in total. The lowest BCUT2D eigenvalue weighted by molar-refractivity contribution is 0.0714. The number of aromatic nitrogens is 1. The molecule has 1 aliphatic heterocycles. The molecule has 1 aromatic heterocycles. The van der Waals surface area contributed by atoms with Gasteiger partial charge >= 0.3 is 0 Å². The van der Waals surface area contributed by atoms with Crippen molar-refractivity contribution in [2.75, 3.05) is 26.8 Å². The SMILES string of the molecule is COCCn1cc(C(=O)N2CCC(c3cccc(CN)c3)CC2)c2ccccc21. The fraction of sp³-hybridized carbons (Fsp3) is 0.375. The Kier molecular flexibility index (Phi) is 5.97. The number of amides is 1. The molecule has 3 aromatic rings. The van der Waals surface area contributed by atoms with E-state index < -0.39 is 0 Å². The first-order valence-electron chi connectivity index (χ1n) is 10.4. The zero-order chi connectivity index (χ0) is 20.2. The van der Waals surface area contributed by atoms with E-state index in [1.165, 1.54) is 11.1 Å². The third-order valence-corrected chi connectivity index (χ3v) is 6.00. The van der Waals surface area contributed by atoms with E-state index in [4.69, 9.17) is 10.5 Å². The topological polar surface area (TPSA) is 60.5 Å². The molecule has 1 amide bonds. The van der Waals surface area contributed by atoms with Crippen molar-refractivity contribution in [1.82, 2.24) is 9.47 Å². The van der Waals surface area contributed by atoms with Crippen molar-refractivity contribution in [2.24, 2.45) is 5.73 Å². The van der Waals surface area contributed by atoms with Crippen LogP contribution in [0, 0.1) is 0 Å². The quantitative estimate of drug-likeness (QED) is 0.696. The van der Waals surface area contributed by atoms with Crippen molar-refractivity contribution < 1.29 is 9.53 Å². The maximum absolute atomic E-state index is 13.3. The van der Waals surface area contributed by atoms with Crippen molar-refractivity contribution in [2.45, 2.75) is 31.8 Å². The fourth-order valence-electron chi connectivity index (χ4n) is 4.35. The molecular weight excluding hydrogens is 362 g/mol. The molecule has 0 bridgehead atoms. The predicted molar refractivity (Wildman–Crippen MR) is 116 cm³/mol. The minimum Gasteiger partial charge on any atom is -0.383 e. The molecule has 0 saturated carbocycles. The molecule has 0 unspecified atom stereocenters. The molecule has 0 atom stereocenters. The van der Waals surface area contributed by atoms with E-state index in [-0.39, 0.29) is 5.91 Å². The smallest absolute Gasteiger partial charge is 0.256 e. The zero-order valence-electron chi connectivity index (χ0n) is 17.0. The average molecular weight is 392 g/mol. The van der Waals surface area contributed by atoms with Crippen molar-refractivity contribution in [3.05, 3.63) is 71.4 Å². The predicted octanol–water partition coefficient (Wildman–Crippen LogP) is 3.77. The summed E-state index contributed by atoms with van der Waals surface area (Å²) in [5, 5.41) is 1.02. The van der Waals surface area contributed by atoms with Gasteiger partial charge in [-0.25, -0.2) is 0 Å². The van der Waals surface area contributed by atoms with E-state index in [0.29, 0.717) is 19.1 Å². The van der Waals surface area contributed by atoms with Crippen LogP contribution in [0.5, 0.6) is 0 Å². The fourth-order valence-corrected chi connectivity index (χ4v) is 4.35. The molecule has 2 heterocycles. The van der Waals surface area contributed by atoms with Gasteiger partial charge in [-0.05, 0) is 36.0 Å². The largest absolute Gasteiger partial charge is 0.383 e. The van der Waals surface area contributed by atoms with E-state index in [1.807, 2.05) is 29.3 Å². The number of hydrogen-bond donors (Lipinski definition) is 1. The van der Waals surface area contributed by atoms with E-state index in [1.54, 1.807) is 7.11 Å². The molecule has 0 aliphatic carbocycles. The molecule has 0 radical (unpaired) electrons. The highest BCUT2D eigenvalue weighted by molar-refractivity contribution is 6.07. The summed E-state index contributed by atoms with van der Waals surface area (Å²) in [6.07, 6.45) is 3.97. The lowest BCUT2D eigenvalue weighted by Gasteiger charge is -2.32. The number of carbonyl (C=O) groups is 1. The highest BCUT2D eigenvalue weighted by Gasteiger charge is 2.26. The lowest BCUT2D eigenvalue weighted by atomic mass is 9.88. The summed E-state index contributed by atoms with van der Waals surface area (Å²) in [7, 11) is 1.70. The Morgan fingerprint density at radius 3 is 2.69 bits per heavy atom. The van der Waals surface area contributed by atoms with Gasteiger partial charge in [0.15, 0.2) is 0 Å². The second-order valence-corrected chi connectivity index (χ2v) is 7.76. The number of nitrogens with zero attached hydrogens (tertiary/aromatic N) is 2. The van der Waals surface area contributed by atoms with Crippen molar-refractivity contribution >= 4 is 16.8 Å². The van der Waals surface area contributed by atoms with Crippen LogP contribution in [0.2, 0.25) is 0 Å². The zero-order valence-corrected chi connectivity index (χ0v) is 17.0. The molecule has 152 valence electrons. The summed E-state index contributed by atoms with van der Waals surface area (Å²) in [4.78, 5) is 15.3. The molecule has 0 spiro atoms. The van der Waals surface area contributed by atoms with Gasteiger partial charge in [-0.15, -0.1) is 0 Å². The number of benzene rings is 2. The van der Waals surface area contributed by atoms with Crippen LogP contribution < -0.4 is 5.73 Å². The van der Waals surface area contributed by atoms with Gasteiger partial charge in [-0.2, -0.15) is 0 Å². The minimum absolute atomic E-state index is 0.131. The first-order chi connectivity index (χ1) is 14.2. The van der Waals surface area contributed by atoms with Gasteiger partial charge in [-0.3, -0.25) is 4.79 Å². The highest BCUT2D eigenvalue weighted by Crippen LogP contribution is 2.30. The van der Waals surface area contributed by atoms with E-state index in [0.717, 1.165) is 48.9 Å². The van der Waals surface area contributed by atoms with E-state index >= 15 is 0 Å². The summed E-state index contributed by atoms with van der Waals surface area (Å²) in [5.74, 6) is 0.625. The van der Waals surface area contributed by atoms with Crippen molar-refractivity contribution in [1.29, 1.82) is 0 Å². The van der Waals surface area contributed by atoms with Crippen LogP contribution >= 0.6 is 0 Å². The van der Waals surface area contributed by atoms with Crippen LogP contribution in [0.1, 0.15) is 40.2 Å². The Hall–Kier alpha value is -2.63. The van der Waals surface area contributed by atoms with Crippen LogP contribution in [0.4, 0.5) is 0 Å². The molecule has 1 saturated heterocycles. The van der Waals surface area contributed by atoms with Gasteiger partial charge in [0.05, 0.1) is 12.2 Å².